The summed E-state index contributed by atoms with van der Waals surface area (Å²) in [7, 11) is 0. The van der Waals surface area contributed by atoms with Crippen LogP contribution in [0.4, 0.5) is 11.4 Å². The monoisotopic (exact) mass is 328 g/mol. The molecule has 0 saturated carbocycles. The van der Waals surface area contributed by atoms with E-state index in [4.69, 9.17) is 0 Å². The van der Waals surface area contributed by atoms with Crippen LogP contribution in [0.2, 0.25) is 0 Å². The first-order valence-electron chi connectivity index (χ1n) is 8.09. The summed E-state index contributed by atoms with van der Waals surface area (Å²) in [4.78, 5) is 27.6. The van der Waals surface area contributed by atoms with Crippen LogP contribution in [-0.4, -0.2) is 11.8 Å². The summed E-state index contributed by atoms with van der Waals surface area (Å²) >= 11 is 0. The van der Waals surface area contributed by atoms with Crippen LogP contribution < -0.4 is 10.2 Å². The second-order valence-corrected chi connectivity index (χ2v) is 5.85. The lowest BCUT2D eigenvalue weighted by Crippen LogP contribution is -2.39. The molecule has 4 heteroatoms. The predicted octanol–water partition coefficient (Wildman–Crippen LogP) is 4.03. The number of anilines is 2. The van der Waals surface area contributed by atoms with E-state index in [9.17, 15) is 9.59 Å². The largest absolute Gasteiger partial charge is 0.369 e. The number of carbonyl (C=O) groups is 2. The van der Waals surface area contributed by atoms with Crippen molar-refractivity contribution in [1.82, 2.24) is 0 Å². The Balaban J connectivity index is 1.89. The third kappa shape index (κ3) is 2.68. The van der Waals surface area contributed by atoms with E-state index in [1.165, 1.54) is 4.90 Å². The maximum atomic E-state index is 13.3. The maximum Gasteiger partial charge on any atom is 0.267 e. The first-order chi connectivity index (χ1) is 12.3. The highest BCUT2D eigenvalue weighted by atomic mass is 16.2. The number of hydrogen-bond acceptors (Lipinski definition) is 3. The highest BCUT2D eigenvalue weighted by molar-refractivity contribution is 6.25. The molecule has 2 amide bonds. The molecule has 1 aliphatic heterocycles. The summed E-state index contributed by atoms with van der Waals surface area (Å²) in [6.07, 6.45) is 0. The average Bonchev–Trinajstić information content (AvgIpc) is 2.78. The van der Waals surface area contributed by atoms with Crippen molar-refractivity contribution in [2.24, 2.45) is 0 Å². The van der Waals surface area contributed by atoms with Crippen molar-refractivity contribution in [2.45, 2.75) is 6.04 Å². The Bertz CT molecular complexity index is 923. The molecule has 0 fully saturated rings. The van der Waals surface area contributed by atoms with Gasteiger partial charge < -0.3 is 5.32 Å². The van der Waals surface area contributed by atoms with Gasteiger partial charge in [0.15, 0.2) is 0 Å². The van der Waals surface area contributed by atoms with Gasteiger partial charge in [0.1, 0.15) is 6.04 Å². The SMILES string of the molecule is O=C1c2ccccc2NC(c2ccccc2)C(=O)N1c1ccccc1. The molecule has 0 aliphatic carbocycles. The summed E-state index contributed by atoms with van der Waals surface area (Å²) in [5.41, 5.74) is 2.53. The Kier molecular flexibility index (Phi) is 3.78. The van der Waals surface area contributed by atoms with Crippen molar-refractivity contribution in [1.29, 1.82) is 0 Å². The van der Waals surface area contributed by atoms with Crippen LogP contribution in [0.3, 0.4) is 0 Å². The Hall–Kier alpha value is -3.40. The number of nitrogens with one attached hydrogen (secondary N) is 1. The first-order valence-corrected chi connectivity index (χ1v) is 8.09. The highest BCUT2D eigenvalue weighted by Crippen LogP contribution is 2.32. The summed E-state index contributed by atoms with van der Waals surface area (Å²) < 4.78 is 0. The van der Waals surface area contributed by atoms with Gasteiger partial charge in [-0.2, -0.15) is 0 Å². The lowest BCUT2D eigenvalue weighted by Gasteiger charge is -2.23. The highest BCUT2D eigenvalue weighted by Gasteiger charge is 2.36. The normalized spacial score (nSPS) is 16.8. The molecule has 25 heavy (non-hydrogen) atoms. The van der Waals surface area contributed by atoms with Crippen LogP contribution >= 0.6 is 0 Å². The minimum atomic E-state index is -0.631. The molecule has 0 radical (unpaired) electrons. The van der Waals surface area contributed by atoms with Crippen molar-refractivity contribution in [3.8, 4) is 0 Å². The van der Waals surface area contributed by atoms with Gasteiger partial charge >= 0.3 is 0 Å². The molecule has 0 spiro atoms. The van der Waals surface area contributed by atoms with E-state index in [2.05, 4.69) is 5.32 Å². The molecule has 1 aliphatic rings. The van der Waals surface area contributed by atoms with Crippen LogP contribution in [0, 0.1) is 0 Å². The van der Waals surface area contributed by atoms with Crippen molar-refractivity contribution in [3.05, 3.63) is 96.1 Å². The van der Waals surface area contributed by atoms with E-state index in [1.54, 1.807) is 24.3 Å². The Morgan fingerprint density at radius 1 is 0.720 bits per heavy atom. The molecule has 0 aromatic heterocycles. The molecule has 0 saturated heterocycles. The number of rotatable bonds is 2. The molecule has 4 rings (SSSR count). The summed E-state index contributed by atoms with van der Waals surface area (Å²) in [5, 5.41) is 3.24. The lowest BCUT2D eigenvalue weighted by atomic mass is 10.1. The second-order valence-electron chi connectivity index (χ2n) is 5.85. The fourth-order valence-corrected chi connectivity index (χ4v) is 3.06. The molecule has 122 valence electrons. The van der Waals surface area contributed by atoms with Crippen LogP contribution in [-0.2, 0) is 4.79 Å². The Morgan fingerprint density at radius 2 is 1.32 bits per heavy atom. The van der Waals surface area contributed by atoms with Gasteiger partial charge in [-0.25, -0.2) is 4.90 Å². The molecule has 3 aromatic rings. The smallest absolute Gasteiger partial charge is 0.267 e. The minimum absolute atomic E-state index is 0.293. The summed E-state index contributed by atoms with van der Waals surface area (Å²) in [6.45, 7) is 0. The van der Waals surface area contributed by atoms with Gasteiger partial charge in [0, 0.05) is 5.69 Å². The Labute approximate surface area is 145 Å². The van der Waals surface area contributed by atoms with Gasteiger partial charge in [-0.15, -0.1) is 0 Å². The van der Waals surface area contributed by atoms with Crippen molar-refractivity contribution in [3.63, 3.8) is 0 Å². The van der Waals surface area contributed by atoms with Crippen LogP contribution in [0.5, 0.6) is 0 Å². The lowest BCUT2D eigenvalue weighted by molar-refractivity contribution is -0.118. The molecule has 0 bridgehead atoms. The minimum Gasteiger partial charge on any atom is -0.369 e. The third-order valence-corrected chi connectivity index (χ3v) is 4.28. The summed E-state index contributed by atoms with van der Waals surface area (Å²) in [6, 6.07) is 25.1. The average molecular weight is 328 g/mol. The standard InChI is InChI=1S/C21H16N2O2/c24-20-17-13-7-8-14-18(17)22-19(15-9-3-1-4-10-15)21(25)23(20)16-11-5-2-6-12-16/h1-14,19,22H. The zero-order chi connectivity index (χ0) is 17.2. The number of hydrogen-bond donors (Lipinski definition) is 1. The maximum absolute atomic E-state index is 13.3. The zero-order valence-corrected chi connectivity index (χ0v) is 13.4. The molecular formula is C21H16N2O2. The van der Waals surface area contributed by atoms with E-state index < -0.39 is 6.04 Å². The number of imide groups is 1. The second kappa shape index (κ2) is 6.24. The first kappa shape index (κ1) is 15.1. The van der Waals surface area contributed by atoms with Gasteiger partial charge in [-0.3, -0.25) is 9.59 Å². The van der Waals surface area contributed by atoms with Crippen molar-refractivity contribution in [2.75, 3.05) is 10.2 Å². The molecule has 1 heterocycles. The van der Waals surface area contributed by atoms with Gasteiger partial charge in [-0.1, -0.05) is 60.7 Å². The van der Waals surface area contributed by atoms with E-state index in [-0.39, 0.29) is 11.8 Å². The number of fused-ring (bicyclic) bond motifs is 1. The van der Waals surface area contributed by atoms with Gasteiger partial charge in [0.25, 0.3) is 11.8 Å². The van der Waals surface area contributed by atoms with Crippen LogP contribution in [0.1, 0.15) is 22.0 Å². The van der Waals surface area contributed by atoms with Crippen molar-refractivity contribution < 1.29 is 9.59 Å². The van der Waals surface area contributed by atoms with Crippen LogP contribution in [0.25, 0.3) is 0 Å². The Morgan fingerprint density at radius 3 is 2.04 bits per heavy atom. The summed E-state index contributed by atoms with van der Waals surface area (Å²) in [5.74, 6) is -0.615. The van der Waals surface area contributed by atoms with E-state index in [1.807, 2.05) is 60.7 Å². The van der Waals surface area contributed by atoms with Gasteiger partial charge in [0.2, 0.25) is 0 Å². The molecule has 1 N–H and O–H groups in total. The molecular weight excluding hydrogens is 312 g/mol. The molecule has 4 nitrogen and oxygen atoms in total. The number of nitrogens with zero attached hydrogens (tertiary/aromatic N) is 1. The topological polar surface area (TPSA) is 49.4 Å². The predicted molar refractivity (Wildman–Crippen MR) is 97.5 cm³/mol. The number of benzene rings is 3. The van der Waals surface area contributed by atoms with E-state index in [0.717, 1.165) is 5.56 Å². The fraction of sp³-hybridized carbons (Fsp3) is 0.0476. The third-order valence-electron chi connectivity index (χ3n) is 4.28. The fourth-order valence-electron chi connectivity index (χ4n) is 3.06. The zero-order valence-electron chi connectivity index (χ0n) is 13.4. The van der Waals surface area contributed by atoms with E-state index >= 15 is 0 Å². The number of amides is 2. The van der Waals surface area contributed by atoms with E-state index in [0.29, 0.717) is 16.9 Å². The molecule has 1 atom stereocenters. The number of para-hydroxylation sites is 2. The molecule has 3 aromatic carbocycles. The molecule has 1 unspecified atom stereocenters. The quantitative estimate of drug-likeness (QED) is 0.723. The van der Waals surface area contributed by atoms with Crippen molar-refractivity contribution >= 4 is 23.2 Å². The van der Waals surface area contributed by atoms with Gasteiger partial charge in [0.05, 0.1) is 11.3 Å². The van der Waals surface area contributed by atoms with Gasteiger partial charge in [-0.05, 0) is 29.8 Å². The van der Waals surface area contributed by atoms with Crippen LogP contribution in [0.15, 0.2) is 84.9 Å². The number of carbonyl (C=O) groups excluding carboxylic acids is 2.